The highest BCUT2D eigenvalue weighted by Crippen LogP contribution is 2.16. The van der Waals surface area contributed by atoms with E-state index in [0.29, 0.717) is 23.3 Å². The van der Waals surface area contributed by atoms with E-state index in [1.54, 1.807) is 18.2 Å². The van der Waals surface area contributed by atoms with Gasteiger partial charge >= 0.3 is 0 Å². The lowest BCUT2D eigenvalue weighted by Gasteiger charge is -2.36. The van der Waals surface area contributed by atoms with Crippen LogP contribution in [0.1, 0.15) is 39.2 Å². The summed E-state index contributed by atoms with van der Waals surface area (Å²) in [6.45, 7) is 8.13. The van der Waals surface area contributed by atoms with Crippen molar-refractivity contribution in [3.8, 4) is 6.07 Å². The van der Waals surface area contributed by atoms with Crippen LogP contribution in [-0.4, -0.2) is 42.0 Å². The van der Waals surface area contributed by atoms with Crippen LogP contribution in [0.2, 0.25) is 0 Å². The number of hydrogen-bond donors (Lipinski definition) is 2. The monoisotopic (exact) mass is 314 g/mol. The number of piperidine rings is 1. The second-order valence-electron chi connectivity index (χ2n) is 6.49. The summed E-state index contributed by atoms with van der Waals surface area (Å²) in [5.41, 5.74) is 1.23. The molecule has 5 heteroatoms. The number of likely N-dealkylation sites (tertiary alicyclic amines) is 1. The van der Waals surface area contributed by atoms with E-state index >= 15 is 0 Å². The third kappa shape index (κ3) is 5.05. The van der Waals surface area contributed by atoms with Crippen molar-refractivity contribution >= 4 is 11.6 Å². The first-order chi connectivity index (χ1) is 11.0. The molecule has 1 unspecified atom stereocenters. The molecule has 2 rings (SSSR count). The Morgan fingerprint density at radius 1 is 1.30 bits per heavy atom. The molecule has 0 saturated carbocycles. The molecule has 1 aliphatic heterocycles. The molecule has 1 fully saturated rings. The number of amides is 1. The summed E-state index contributed by atoms with van der Waals surface area (Å²) in [7, 11) is 0. The molecule has 1 amide bonds. The van der Waals surface area contributed by atoms with E-state index in [1.807, 2.05) is 13.0 Å². The zero-order valence-electron chi connectivity index (χ0n) is 14.2. The molecule has 1 atom stereocenters. The normalized spacial score (nSPS) is 17.7. The van der Waals surface area contributed by atoms with Gasteiger partial charge in [-0.25, -0.2) is 0 Å². The first-order valence-electron chi connectivity index (χ1n) is 8.30. The summed E-state index contributed by atoms with van der Waals surface area (Å²) in [5.74, 6) is -0.0182. The topological polar surface area (TPSA) is 68.2 Å². The minimum atomic E-state index is -0.166. The van der Waals surface area contributed by atoms with Crippen LogP contribution >= 0.6 is 0 Å². The molecule has 23 heavy (non-hydrogen) atoms. The van der Waals surface area contributed by atoms with E-state index < -0.39 is 0 Å². The number of nitrogens with one attached hydrogen (secondary N) is 2. The van der Waals surface area contributed by atoms with E-state index in [9.17, 15) is 4.79 Å². The average Bonchev–Trinajstić information content (AvgIpc) is 2.54. The number of nitriles is 1. The molecule has 1 saturated heterocycles. The summed E-state index contributed by atoms with van der Waals surface area (Å²) in [6, 6.07) is 9.98. The molecule has 5 nitrogen and oxygen atoms in total. The van der Waals surface area contributed by atoms with Crippen molar-refractivity contribution in [3.63, 3.8) is 0 Å². The third-order valence-electron chi connectivity index (χ3n) is 4.28. The number of anilines is 1. The zero-order valence-corrected chi connectivity index (χ0v) is 14.2. The third-order valence-corrected chi connectivity index (χ3v) is 4.28. The van der Waals surface area contributed by atoms with Crippen molar-refractivity contribution < 1.29 is 4.79 Å². The Kier molecular flexibility index (Phi) is 6.14. The summed E-state index contributed by atoms with van der Waals surface area (Å²) in [4.78, 5) is 14.6. The van der Waals surface area contributed by atoms with E-state index in [2.05, 4.69) is 35.5 Å². The smallest absolute Gasteiger partial charge is 0.241 e. The Hall–Kier alpha value is -1.90. The van der Waals surface area contributed by atoms with Crippen molar-refractivity contribution in [2.45, 2.75) is 51.7 Å². The Balaban J connectivity index is 1.87. The van der Waals surface area contributed by atoms with Crippen LogP contribution in [-0.2, 0) is 4.79 Å². The Labute approximate surface area is 138 Å². The van der Waals surface area contributed by atoms with Gasteiger partial charge in [0.1, 0.15) is 0 Å². The van der Waals surface area contributed by atoms with Crippen LogP contribution < -0.4 is 10.6 Å². The molecule has 2 N–H and O–H groups in total. The predicted molar refractivity (Wildman–Crippen MR) is 92.1 cm³/mol. The van der Waals surface area contributed by atoms with Gasteiger partial charge in [-0.1, -0.05) is 19.9 Å². The molecule has 1 aromatic rings. The zero-order chi connectivity index (χ0) is 16.8. The maximum atomic E-state index is 12.4. The fourth-order valence-electron chi connectivity index (χ4n) is 3.00. The Morgan fingerprint density at radius 2 is 2.00 bits per heavy atom. The summed E-state index contributed by atoms with van der Waals surface area (Å²) >= 11 is 0. The molecule has 0 bridgehead atoms. The van der Waals surface area contributed by atoms with Crippen molar-refractivity contribution in [3.05, 3.63) is 29.8 Å². The second kappa shape index (κ2) is 8.09. The Bertz CT molecular complexity index is 571. The van der Waals surface area contributed by atoms with Crippen LogP contribution in [0, 0.1) is 11.3 Å². The van der Waals surface area contributed by atoms with E-state index in [0.717, 1.165) is 25.9 Å². The molecular weight excluding hydrogens is 288 g/mol. The molecular formula is C18H26N4O. The SMILES string of the molecule is CC(C)NC1CCN(C(C)C(=O)Nc2cccc(C#N)c2)CC1. The molecule has 0 radical (unpaired) electrons. The Morgan fingerprint density at radius 3 is 2.61 bits per heavy atom. The quantitative estimate of drug-likeness (QED) is 0.875. The highest BCUT2D eigenvalue weighted by atomic mass is 16.2. The number of carbonyl (C=O) groups is 1. The number of benzene rings is 1. The van der Waals surface area contributed by atoms with E-state index in [4.69, 9.17) is 5.26 Å². The van der Waals surface area contributed by atoms with Crippen LogP contribution in [0.15, 0.2) is 24.3 Å². The average molecular weight is 314 g/mol. The van der Waals surface area contributed by atoms with Gasteiger partial charge in [-0.3, -0.25) is 9.69 Å². The highest BCUT2D eigenvalue weighted by molar-refractivity contribution is 5.94. The molecule has 124 valence electrons. The van der Waals surface area contributed by atoms with Crippen molar-refractivity contribution in [2.24, 2.45) is 0 Å². The lowest BCUT2D eigenvalue weighted by Crippen LogP contribution is -2.50. The van der Waals surface area contributed by atoms with Crippen LogP contribution in [0.4, 0.5) is 5.69 Å². The van der Waals surface area contributed by atoms with Crippen molar-refractivity contribution in [1.29, 1.82) is 5.26 Å². The van der Waals surface area contributed by atoms with Gasteiger partial charge in [-0.15, -0.1) is 0 Å². The molecule has 0 aliphatic carbocycles. The number of carbonyl (C=O) groups excluding carboxylic acids is 1. The van der Waals surface area contributed by atoms with Gasteiger partial charge in [0.25, 0.3) is 0 Å². The summed E-state index contributed by atoms with van der Waals surface area (Å²) < 4.78 is 0. The fraction of sp³-hybridized carbons (Fsp3) is 0.556. The highest BCUT2D eigenvalue weighted by Gasteiger charge is 2.26. The largest absolute Gasteiger partial charge is 0.325 e. The van der Waals surface area contributed by atoms with Crippen molar-refractivity contribution in [1.82, 2.24) is 10.2 Å². The standard InChI is InChI=1S/C18H26N4O/c1-13(2)20-16-7-9-22(10-8-16)14(3)18(23)21-17-6-4-5-15(11-17)12-19/h4-6,11,13-14,16,20H,7-10H2,1-3H3,(H,21,23). The number of rotatable bonds is 5. The molecule has 0 spiro atoms. The van der Waals surface area contributed by atoms with Gasteiger partial charge in [0.05, 0.1) is 17.7 Å². The van der Waals surface area contributed by atoms with Crippen LogP contribution in [0.5, 0.6) is 0 Å². The van der Waals surface area contributed by atoms with Gasteiger partial charge in [-0.2, -0.15) is 5.26 Å². The fourth-order valence-corrected chi connectivity index (χ4v) is 3.00. The first-order valence-corrected chi connectivity index (χ1v) is 8.30. The van der Waals surface area contributed by atoms with Crippen molar-refractivity contribution in [2.75, 3.05) is 18.4 Å². The second-order valence-corrected chi connectivity index (χ2v) is 6.49. The molecule has 1 aliphatic rings. The molecule has 0 aromatic heterocycles. The number of nitrogens with zero attached hydrogens (tertiary/aromatic N) is 2. The van der Waals surface area contributed by atoms with Gasteiger partial charge in [0.15, 0.2) is 0 Å². The van der Waals surface area contributed by atoms with Gasteiger partial charge in [0.2, 0.25) is 5.91 Å². The predicted octanol–water partition coefficient (Wildman–Crippen LogP) is 2.35. The molecule has 1 aromatic carbocycles. The summed E-state index contributed by atoms with van der Waals surface area (Å²) in [5, 5.41) is 15.4. The minimum Gasteiger partial charge on any atom is -0.325 e. The van der Waals surface area contributed by atoms with Gasteiger partial charge in [0, 0.05) is 30.9 Å². The minimum absolute atomic E-state index is 0.0182. The maximum absolute atomic E-state index is 12.4. The summed E-state index contributed by atoms with van der Waals surface area (Å²) in [6.07, 6.45) is 2.14. The lowest BCUT2D eigenvalue weighted by atomic mass is 10.0. The van der Waals surface area contributed by atoms with Crippen LogP contribution in [0.25, 0.3) is 0 Å². The molecule has 1 heterocycles. The van der Waals surface area contributed by atoms with Gasteiger partial charge < -0.3 is 10.6 Å². The first kappa shape index (κ1) is 17.5. The van der Waals surface area contributed by atoms with Crippen LogP contribution in [0.3, 0.4) is 0 Å². The maximum Gasteiger partial charge on any atom is 0.241 e. The van der Waals surface area contributed by atoms with E-state index in [1.165, 1.54) is 0 Å². The van der Waals surface area contributed by atoms with Gasteiger partial charge in [-0.05, 0) is 38.0 Å². The lowest BCUT2D eigenvalue weighted by molar-refractivity contribution is -0.121. The van der Waals surface area contributed by atoms with E-state index in [-0.39, 0.29) is 11.9 Å². The number of hydrogen-bond acceptors (Lipinski definition) is 4.